The number of rotatable bonds is 5. The number of furan rings is 1. The molecule has 0 aliphatic rings. The van der Waals surface area contributed by atoms with Gasteiger partial charge in [0.05, 0.1) is 11.0 Å². The number of fused-ring (bicyclic) bond motifs is 6. The van der Waals surface area contributed by atoms with E-state index in [1.807, 2.05) is 36.4 Å². The summed E-state index contributed by atoms with van der Waals surface area (Å²) in [4.78, 5) is 15.8. The minimum absolute atomic E-state index is 0.563. The summed E-state index contributed by atoms with van der Waals surface area (Å²) in [6, 6.07) is 48.4. The maximum Gasteiger partial charge on any atom is 0.238 e. The van der Waals surface area contributed by atoms with Crippen molar-refractivity contribution in [2.45, 2.75) is 0 Å². The lowest BCUT2D eigenvalue weighted by Gasteiger charge is -2.21. The molecule has 5 nitrogen and oxygen atoms in total. The molecule has 10 rings (SSSR count). The summed E-state index contributed by atoms with van der Waals surface area (Å²) >= 11 is 0. The maximum atomic E-state index is 6.53. The lowest BCUT2D eigenvalue weighted by atomic mass is 9.59. The molecule has 0 bridgehead atoms. The van der Waals surface area contributed by atoms with Gasteiger partial charge >= 0.3 is 0 Å². The molecule has 3 heterocycles. The van der Waals surface area contributed by atoms with Crippen LogP contribution >= 0.6 is 0 Å². The predicted molar refractivity (Wildman–Crippen MR) is 244 cm³/mol. The van der Waals surface area contributed by atoms with Crippen LogP contribution in [0.4, 0.5) is 0 Å². The topological polar surface area (TPSA) is 56.7 Å². The van der Waals surface area contributed by atoms with Crippen LogP contribution in [0, 0.1) is 0 Å². The summed E-state index contributed by atoms with van der Waals surface area (Å²) in [6.07, 6.45) is 0. The zero-order valence-electron chi connectivity index (χ0n) is 31.5. The summed E-state index contributed by atoms with van der Waals surface area (Å²) in [7, 11) is 11.2. The quantitative estimate of drug-likeness (QED) is 0.260. The van der Waals surface area contributed by atoms with Crippen LogP contribution in [-0.4, -0.2) is 58.8 Å². The minimum atomic E-state index is 0.563. The Hall–Kier alpha value is -6.53. The van der Waals surface area contributed by atoms with E-state index in [-0.39, 0.29) is 0 Å². The van der Waals surface area contributed by atoms with Gasteiger partial charge in [-0.25, -0.2) is 4.98 Å². The Morgan fingerprint density at radius 3 is 1.80 bits per heavy atom. The summed E-state index contributed by atoms with van der Waals surface area (Å²) in [5.74, 6) is 1.76. The predicted octanol–water partition coefficient (Wildman–Crippen LogP) is 2.83. The van der Waals surface area contributed by atoms with Gasteiger partial charge in [0.15, 0.2) is 11.6 Å². The van der Waals surface area contributed by atoms with Gasteiger partial charge in [0.2, 0.25) is 5.95 Å². The van der Waals surface area contributed by atoms with E-state index in [4.69, 9.17) is 19.4 Å². The van der Waals surface area contributed by atoms with E-state index >= 15 is 0 Å². The second kappa shape index (κ2) is 12.8. The lowest BCUT2D eigenvalue weighted by Crippen LogP contribution is -2.55. The molecule has 10 heteroatoms. The summed E-state index contributed by atoms with van der Waals surface area (Å²) in [5.41, 5.74) is 16.9. The zero-order chi connectivity index (χ0) is 37.4. The van der Waals surface area contributed by atoms with Gasteiger partial charge in [-0.05, 0) is 52.6 Å². The van der Waals surface area contributed by atoms with E-state index < -0.39 is 0 Å². The van der Waals surface area contributed by atoms with Crippen LogP contribution in [0.15, 0.2) is 144 Å². The average Bonchev–Trinajstić information content (AvgIpc) is 3.79. The zero-order valence-corrected chi connectivity index (χ0v) is 31.5. The Bertz CT molecular complexity index is 3130. The molecule has 0 spiro atoms. The van der Waals surface area contributed by atoms with Crippen LogP contribution in [0.3, 0.4) is 0 Å². The van der Waals surface area contributed by atoms with Crippen LogP contribution < -0.4 is 27.3 Å². The fraction of sp³-hybridized carbons (Fsp3) is 0. The monoisotopic (exact) mass is 700 g/mol. The van der Waals surface area contributed by atoms with Gasteiger partial charge in [0.1, 0.15) is 50.4 Å². The molecule has 0 amide bonds. The molecule has 0 N–H and O–H groups in total. The average molecular weight is 700 g/mol. The molecular weight excluding hydrogens is 667 g/mol. The number of benzene rings is 7. The van der Waals surface area contributed by atoms with E-state index in [0.717, 1.165) is 60.6 Å². The molecule has 10 aromatic rings. The van der Waals surface area contributed by atoms with Crippen molar-refractivity contribution in [1.82, 2.24) is 19.5 Å². The highest BCUT2D eigenvalue weighted by molar-refractivity contribution is 6.69. The Morgan fingerprint density at radius 2 is 1.04 bits per heavy atom. The number of nitrogens with zero attached hydrogens (tertiary/aromatic N) is 4. The largest absolute Gasteiger partial charge is 0.456 e. The summed E-state index contributed by atoms with van der Waals surface area (Å²) in [5, 5.41) is 4.34. The number of hydrogen-bond acceptors (Lipinski definition) is 4. The van der Waals surface area contributed by atoms with E-state index in [9.17, 15) is 0 Å². The minimum Gasteiger partial charge on any atom is -0.456 e. The van der Waals surface area contributed by atoms with Crippen LogP contribution in [0.25, 0.3) is 94.7 Å². The second-order valence-electron chi connectivity index (χ2n) is 14.6. The molecular formula is C45H33B5N4O. The first kappa shape index (κ1) is 33.1. The summed E-state index contributed by atoms with van der Waals surface area (Å²) in [6.45, 7) is 0. The van der Waals surface area contributed by atoms with Crippen molar-refractivity contribution >= 4 is 110 Å². The van der Waals surface area contributed by atoms with Crippen LogP contribution in [0.2, 0.25) is 0 Å². The summed E-state index contributed by atoms with van der Waals surface area (Å²) < 4.78 is 8.74. The molecule has 0 aliphatic carbocycles. The van der Waals surface area contributed by atoms with Crippen molar-refractivity contribution < 1.29 is 4.42 Å². The van der Waals surface area contributed by atoms with E-state index in [0.29, 0.717) is 17.6 Å². The molecule has 3 aromatic heterocycles. The van der Waals surface area contributed by atoms with Crippen molar-refractivity contribution in [2.24, 2.45) is 0 Å². The van der Waals surface area contributed by atoms with Crippen LogP contribution in [0.1, 0.15) is 0 Å². The number of para-hydroxylation sites is 1. The molecule has 0 radical (unpaired) electrons. The first-order valence-electron chi connectivity index (χ1n) is 18.8. The highest BCUT2D eigenvalue weighted by atomic mass is 16.3. The highest BCUT2D eigenvalue weighted by Gasteiger charge is 2.23. The molecule has 0 unspecified atom stereocenters. The molecule has 0 fully saturated rings. The van der Waals surface area contributed by atoms with Gasteiger partial charge in [-0.15, -0.1) is 16.4 Å². The normalized spacial score (nSPS) is 11.6. The maximum absolute atomic E-state index is 6.53. The third kappa shape index (κ3) is 5.19. The molecule has 0 atom stereocenters. The third-order valence-corrected chi connectivity index (χ3v) is 11.7. The van der Waals surface area contributed by atoms with Gasteiger partial charge < -0.3 is 4.42 Å². The molecule has 0 saturated carbocycles. The Morgan fingerprint density at radius 1 is 0.418 bits per heavy atom. The first-order valence-corrected chi connectivity index (χ1v) is 18.8. The van der Waals surface area contributed by atoms with Gasteiger partial charge in [-0.3, -0.25) is 4.57 Å². The smallest absolute Gasteiger partial charge is 0.238 e. The van der Waals surface area contributed by atoms with E-state index in [2.05, 4.69) is 147 Å². The third-order valence-electron chi connectivity index (χ3n) is 11.7. The van der Waals surface area contributed by atoms with Gasteiger partial charge in [0, 0.05) is 32.7 Å². The lowest BCUT2D eigenvalue weighted by molar-refractivity contribution is 0.669. The Kier molecular flexibility index (Phi) is 7.70. The van der Waals surface area contributed by atoms with Gasteiger partial charge in [0.25, 0.3) is 0 Å². The number of hydrogen-bond donors (Lipinski definition) is 0. The molecule has 254 valence electrons. The Balaban J connectivity index is 1.25. The van der Waals surface area contributed by atoms with Crippen molar-refractivity contribution in [3.8, 4) is 51.0 Å². The van der Waals surface area contributed by atoms with Crippen molar-refractivity contribution in [1.29, 1.82) is 0 Å². The highest BCUT2D eigenvalue weighted by Crippen LogP contribution is 2.40. The first-order chi connectivity index (χ1) is 26.9. The van der Waals surface area contributed by atoms with Gasteiger partial charge in [-0.1, -0.05) is 120 Å². The SMILES string of the molecule is Bc1c(B)c(B)c(-c2cccc3c2c2ccccc2n3-c2nc(-c3ccccc3)nc(-c3cccc4oc5cc(-c6ccccc6)ccc5c34)n2)c(B)c1B. The van der Waals surface area contributed by atoms with E-state index in [1.165, 1.54) is 43.8 Å². The fourth-order valence-electron chi connectivity index (χ4n) is 8.47. The second-order valence-corrected chi connectivity index (χ2v) is 14.6. The van der Waals surface area contributed by atoms with Gasteiger partial charge in [-0.2, -0.15) is 9.97 Å². The molecule has 0 aliphatic heterocycles. The van der Waals surface area contributed by atoms with E-state index in [1.54, 1.807) is 0 Å². The van der Waals surface area contributed by atoms with Crippen LogP contribution in [0.5, 0.6) is 0 Å². The fourth-order valence-corrected chi connectivity index (χ4v) is 8.47. The Labute approximate surface area is 323 Å². The molecule has 0 saturated heterocycles. The van der Waals surface area contributed by atoms with Crippen molar-refractivity contribution in [2.75, 3.05) is 0 Å². The molecule has 7 aromatic carbocycles. The van der Waals surface area contributed by atoms with Crippen molar-refractivity contribution in [3.05, 3.63) is 140 Å². The van der Waals surface area contributed by atoms with Crippen molar-refractivity contribution in [3.63, 3.8) is 0 Å². The van der Waals surface area contributed by atoms with Crippen LogP contribution in [-0.2, 0) is 0 Å². The molecule has 55 heavy (non-hydrogen) atoms. The number of aromatic nitrogens is 4. The standard InChI is InChI=1S/C45H33B5N4O/c46-38-37(39(47)41(49)42(50)40(38)48)29-16-9-19-32-35(29)27-15-7-8-18-31(27)54(32)45-52-43(25-13-5-2-6-14-25)51-44(53-45)30-17-10-20-33-36(30)28-22-21-26(23-34(28)55-33)24-11-3-1-4-12-24/h1-23H,46-50H2.